The average Bonchev–Trinajstić information content (AvgIpc) is 2.42. The first-order chi connectivity index (χ1) is 8.75. The number of nitrogens with zero attached hydrogens (tertiary/aromatic N) is 1. The molecule has 0 N–H and O–H groups in total. The van der Waals surface area contributed by atoms with Crippen molar-refractivity contribution in [1.82, 2.24) is 4.90 Å². The molecule has 1 fully saturated rings. The lowest BCUT2D eigenvalue weighted by Crippen LogP contribution is -2.36. The zero-order chi connectivity index (χ0) is 12.8. The van der Waals surface area contributed by atoms with Crippen molar-refractivity contribution in [3.8, 4) is 5.75 Å². The van der Waals surface area contributed by atoms with Gasteiger partial charge in [0.1, 0.15) is 5.75 Å². The van der Waals surface area contributed by atoms with Gasteiger partial charge in [-0.2, -0.15) is 0 Å². The molecule has 0 saturated carbocycles. The molecular weight excluding hydrogens is 294 g/mol. The Kier molecular flexibility index (Phi) is 5.05. The van der Waals surface area contributed by atoms with Crippen LogP contribution in [0.1, 0.15) is 25.7 Å². The number of hydrogen-bond acceptors (Lipinski definition) is 2. The van der Waals surface area contributed by atoms with Gasteiger partial charge in [-0.25, -0.2) is 0 Å². The summed E-state index contributed by atoms with van der Waals surface area (Å²) in [6.45, 7) is 2.28. The Morgan fingerprint density at radius 3 is 2.50 bits per heavy atom. The van der Waals surface area contributed by atoms with E-state index in [1.54, 1.807) is 0 Å². The first kappa shape index (κ1) is 13.4. The third-order valence-corrected chi connectivity index (χ3v) is 3.64. The Morgan fingerprint density at radius 1 is 1.17 bits per heavy atom. The SMILES string of the molecule is O=C(CCOc1ccc(Br)cc1)N1CCCCC1. The van der Waals surface area contributed by atoms with Gasteiger partial charge >= 0.3 is 0 Å². The smallest absolute Gasteiger partial charge is 0.225 e. The van der Waals surface area contributed by atoms with Crippen LogP contribution in [-0.2, 0) is 4.79 Å². The maximum atomic E-state index is 11.9. The van der Waals surface area contributed by atoms with Crippen LogP contribution in [0.3, 0.4) is 0 Å². The van der Waals surface area contributed by atoms with E-state index in [0.29, 0.717) is 13.0 Å². The van der Waals surface area contributed by atoms with Crippen LogP contribution >= 0.6 is 15.9 Å². The van der Waals surface area contributed by atoms with E-state index in [0.717, 1.165) is 36.2 Å². The van der Waals surface area contributed by atoms with Crippen LogP contribution in [0.2, 0.25) is 0 Å². The van der Waals surface area contributed by atoms with Crippen molar-refractivity contribution in [2.75, 3.05) is 19.7 Å². The van der Waals surface area contributed by atoms with E-state index in [4.69, 9.17) is 4.74 Å². The summed E-state index contributed by atoms with van der Waals surface area (Å²) in [4.78, 5) is 13.8. The van der Waals surface area contributed by atoms with E-state index in [2.05, 4.69) is 15.9 Å². The highest BCUT2D eigenvalue weighted by atomic mass is 79.9. The molecule has 1 saturated heterocycles. The first-order valence-corrected chi connectivity index (χ1v) is 7.21. The summed E-state index contributed by atoms with van der Waals surface area (Å²) in [5, 5.41) is 0. The van der Waals surface area contributed by atoms with Gasteiger partial charge in [0.2, 0.25) is 5.91 Å². The fourth-order valence-electron chi connectivity index (χ4n) is 2.09. The third-order valence-electron chi connectivity index (χ3n) is 3.11. The zero-order valence-electron chi connectivity index (χ0n) is 10.4. The monoisotopic (exact) mass is 311 g/mol. The second-order valence-electron chi connectivity index (χ2n) is 4.49. The molecular formula is C14H18BrNO2. The number of amides is 1. The number of benzene rings is 1. The van der Waals surface area contributed by atoms with Crippen LogP contribution in [0.5, 0.6) is 5.75 Å². The summed E-state index contributed by atoms with van der Waals surface area (Å²) in [6.07, 6.45) is 3.99. The minimum absolute atomic E-state index is 0.215. The number of piperidine rings is 1. The minimum Gasteiger partial charge on any atom is -0.493 e. The van der Waals surface area contributed by atoms with E-state index in [-0.39, 0.29) is 5.91 Å². The van der Waals surface area contributed by atoms with Crippen molar-refractivity contribution < 1.29 is 9.53 Å². The second kappa shape index (κ2) is 6.78. The minimum atomic E-state index is 0.215. The number of likely N-dealkylation sites (tertiary alicyclic amines) is 1. The van der Waals surface area contributed by atoms with Crippen molar-refractivity contribution in [2.45, 2.75) is 25.7 Å². The third kappa shape index (κ3) is 4.02. The summed E-state index contributed by atoms with van der Waals surface area (Å²) < 4.78 is 6.58. The molecule has 0 bridgehead atoms. The van der Waals surface area contributed by atoms with Gasteiger partial charge < -0.3 is 9.64 Å². The highest BCUT2D eigenvalue weighted by molar-refractivity contribution is 9.10. The van der Waals surface area contributed by atoms with Gasteiger partial charge in [-0.3, -0.25) is 4.79 Å². The maximum absolute atomic E-state index is 11.9. The van der Waals surface area contributed by atoms with Crippen LogP contribution in [-0.4, -0.2) is 30.5 Å². The van der Waals surface area contributed by atoms with E-state index in [1.807, 2.05) is 29.2 Å². The number of hydrogen-bond donors (Lipinski definition) is 0. The fraction of sp³-hybridized carbons (Fsp3) is 0.500. The molecule has 1 amide bonds. The average molecular weight is 312 g/mol. The van der Waals surface area contributed by atoms with Gasteiger partial charge in [0, 0.05) is 17.6 Å². The Balaban J connectivity index is 1.71. The first-order valence-electron chi connectivity index (χ1n) is 6.42. The highest BCUT2D eigenvalue weighted by Gasteiger charge is 2.15. The fourth-order valence-corrected chi connectivity index (χ4v) is 2.35. The molecule has 0 spiro atoms. The molecule has 18 heavy (non-hydrogen) atoms. The highest BCUT2D eigenvalue weighted by Crippen LogP contribution is 2.16. The van der Waals surface area contributed by atoms with Crippen molar-refractivity contribution in [3.05, 3.63) is 28.7 Å². The number of halogens is 1. The van der Waals surface area contributed by atoms with E-state index in [1.165, 1.54) is 6.42 Å². The van der Waals surface area contributed by atoms with E-state index >= 15 is 0 Å². The van der Waals surface area contributed by atoms with E-state index < -0.39 is 0 Å². The molecule has 1 heterocycles. The molecule has 1 aliphatic rings. The van der Waals surface area contributed by atoms with Crippen molar-refractivity contribution in [1.29, 1.82) is 0 Å². The van der Waals surface area contributed by atoms with Crippen LogP contribution in [0, 0.1) is 0 Å². The topological polar surface area (TPSA) is 29.5 Å². The van der Waals surface area contributed by atoms with Crippen LogP contribution in [0.4, 0.5) is 0 Å². The quantitative estimate of drug-likeness (QED) is 0.854. The van der Waals surface area contributed by atoms with Crippen molar-refractivity contribution >= 4 is 21.8 Å². The normalized spacial score (nSPS) is 15.5. The van der Waals surface area contributed by atoms with Gasteiger partial charge in [0.05, 0.1) is 13.0 Å². The molecule has 1 aliphatic heterocycles. The Hall–Kier alpha value is -1.03. The molecule has 0 unspecified atom stereocenters. The summed E-state index contributed by atoms with van der Waals surface area (Å²) in [7, 11) is 0. The molecule has 2 rings (SSSR count). The summed E-state index contributed by atoms with van der Waals surface area (Å²) >= 11 is 3.37. The maximum Gasteiger partial charge on any atom is 0.225 e. The van der Waals surface area contributed by atoms with Crippen LogP contribution in [0.25, 0.3) is 0 Å². The largest absolute Gasteiger partial charge is 0.493 e. The van der Waals surface area contributed by atoms with Gasteiger partial charge in [0.25, 0.3) is 0 Å². The molecule has 98 valence electrons. The lowest BCUT2D eigenvalue weighted by molar-refractivity contribution is -0.132. The second-order valence-corrected chi connectivity index (χ2v) is 5.41. The van der Waals surface area contributed by atoms with Gasteiger partial charge in [-0.1, -0.05) is 15.9 Å². The molecule has 0 atom stereocenters. The number of carbonyl (C=O) groups excluding carboxylic acids is 1. The standard InChI is InChI=1S/C14H18BrNO2/c15-12-4-6-13(7-5-12)18-11-8-14(17)16-9-2-1-3-10-16/h4-7H,1-3,8-11H2. The van der Waals surface area contributed by atoms with Crippen LogP contribution < -0.4 is 4.74 Å². The molecule has 1 aromatic rings. The summed E-state index contributed by atoms with van der Waals surface area (Å²) in [5.41, 5.74) is 0. The van der Waals surface area contributed by atoms with Crippen LogP contribution in [0.15, 0.2) is 28.7 Å². The molecule has 0 aromatic heterocycles. The number of ether oxygens (including phenoxy) is 1. The molecule has 3 nitrogen and oxygen atoms in total. The predicted molar refractivity (Wildman–Crippen MR) is 74.7 cm³/mol. The van der Waals surface area contributed by atoms with Gasteiger partial charge in [-0.15, -0.1) is 0 Å². The van der Waals surface area contributed by atoms with Crippen molar-refractivity contribution in [3.63, 3.8) is 0 Å². The molecule has 4 heteroatoms. The predicted octanol–water partition coefficient (Wildman–Crippen LogP) is 3.23. The van der Waals surface area contributed by atoms with Crippen molar-refractivity contribution in [2.24, 2.45) is 0 Å². The Bertz CT molecular complexity index is 385. The molecule has 0 aliphatic carbocycles. The number of carbonyl (C=O) groups is 1. The zero-order valence-corrected chi connectivity index (χ0v) is 12.0. The summed E-state index contributed by atoms with van der Waals surface area (Å²) in [6, 6.07) is 7.66. The lowest BCUT2D eigenvalue weighted by atomic mass is 10.1. The summed E-state index contributed by atoms with van der Waals surface area (Å²) in [5.74, 6) is 1.02. The number of rotatable bonds is 4. The molecule has 0 radical (unpaired) electrons. The molecule has 1 aromatic carbocycles. The van der Waals surface area contributed by atoms with Gasteiger partial charge in [0.15, 0.2) is 0 Å². The van der Waals surface area contributed by atoms with E-state index in [9.17, 15) is 4.79 Å². The Labute approximate surface area is 116 Å². The van der Waals surface area contributed by atoms with Gasteiger partial charge in [-0.05, 0) is 43.5 Å². The lowest BCUT2D eigenvalue weighted by Gasteiger charge is -2.26. The Morgan fingerprint density at radius 2 is 1.83 bits per heavy atom.